The van der Waals surface area contributed by atoms with Gasteiger partial charge < -0.3 is 10.1 Å². The summed E-state index contributed by atoms with van der Waals surface area (Å²) in [6.07, 6.45) is 0. The molecule has 0 aromatic heterocycles. The largest absolute Gasteiger partial charge is 0.496 e. The third-order valence-electron chi connectivity index (χ3n) is 4.52. The molecule has 0 saturated heterocycles. The van der Waals surface area contributed by atoms with Gasteiger partial charge in [-0.1, -0.05) is 29.3 Å². The van der Waals surface area contributed by atoms with Crippen LogP contribution in [0.25, 0.3) is 0 Å². The lowest BCUT2D eigenvalue weighted by atomic mass is 10.2. The van der Waals surface area contributed by atoms with E-state index in [1.54, 1.807) is 48.5 Å². The number of anilines is 2. The molecular weight excluding hydrogens is 584 g/mol. The number of carbonyl (C=O) groups excluding carboxylic acids is 1. The van der Waals surface area contributed by atoms with E-state index in [2.05, 4.69) is 37.2 Å². The molecule has 168 valence electrons. The first kappa shape index (κ1) is 24.6. The average Bonchev–Trinajstić information content (AvgIpc) is 2.75. The van der Waals surface area contributed by atoms with Crippen LogP contribution in [0.1, 0.15) is 5.56 Å². The molecule has 1 amide bonds. The van der Waals surface area contributed by atoms with E-state index >= 15 is 0 Å². The van der Waals surface area contributed by atoms with E-state index in [1.807, 2.05) is 6.92 Å². The van der Waals surface area contributed by atoms with Crippen molar-refractivity contribution in [3.05, 3.63) is 80.2 Å². The van der Waals surface area contributed by atoms with Gasteiger partial charge in [-0.2, -0.15) is 0 Å². The highest BCUT2D eigenvalue weighted by atomic mass is 79.9. The van der Waals surface area contributed by atoms with Gasteiger partial charge in [-0.3, -0.25) is 9.10 Å². The second-order valence-electron chi connectivity index (χ2n) is 6.82. The Kier molecular flexibility index (Phi) is 7.87. The van der Waals surface area contributed by atoms with Crippen LogP contribution in [0.5, 0.6) is 5.75 Å². The molecule has 10 heteroatoms. The maximum absolute atomic E-state index is 13.5. The smallest absolute Gasteiger partial charge is 0.264 e. The van der Waals surface area contributed by atoms with Crippen LogP contribution >= 0.6 is 43.5 Å². The summed E-state index contributed by atoms with van der Waals surface area (Å²) >= 11 is 12.7. The Morgan fingerprint density at radius 3 is 2.31 bits per heavy atom. The Morgan fingerprint density at radius 1 is 1.03 bits per heavy atom. The zero-order valence-corrected chi connectivity index (χ0v) is 21.8. The first-order valence-electron chi connectivity index (χ1n) is 9.29. The maximum atomic E-state index is 13.5. The summed E-state index contributed by atoms with van der Waals surface area (Å²) in [5.74, 6) is -0.0178. The van der Waals surface area contributed by atoms with Gasteiger partial charge in [0, 0.05) is 10.2 Å². The molecule has 0 spiro atoms. The molecule has 3 aromatic rings. The molecule has 0 fully saturated rings. The highest BCUT2D eigenvalue weighted by Gasteiger charge is 2.28. The molecule has 3 rings (SSSR count). The molecule has 0 saturated carbocycles. The van der Waals surface area contributed by atoms with E-state index in [0.29, 0.717) is 31.1 Å². The standard InChI is InChI=1S/C22H19Br2ClN2O4S/c1-14-3-6-16(7-4-14)27(13-22(28)26-15-5-9-18(23)20(25)11-15)32(29,30)17-8-10-21(31-2)19(24)12-17/h3-12H,13H2,1-2H3,(H,26,28). The van der Waals surface area contributed by atoms with Crippen LogP contribution < -0.4 is 14.4 Å². The van der Waals surface area contributed by atoms with Crippen molar-refractivity contribution in [3.8, 4) is 5.75 Å². The maximum Gasteiger partial charge on any atom is 0.264 e. The first-order chi connectivity index (χ1) is 15.1. The van der Waals surface area contributed by atoms with E-state index in [4.69, 9.17) is 16.3 Å². The fraction of sp³-hybridized carbons (Fsp3) is 0.136. The van der Waals surface area contributed by atoms with Gasteiger partial charge in [0.2, 0.25) is 5.91 Å². The number of amides is 1. The highest BCUT2D eigenvalue weighted by Crippen LogP contribution is 2.31. The van der Waals surface area contributed by atoms with E-state index < -0.39 is 22.5 Å². The second kappa shape index (κ2) is 10.2. The van der Waals surface area contributed by atoms with Crippen molar-refractivity contribution < 1.29 is 17.9 Å². The Morgan fingerprint density at radius 2 is 1.72 bits per heavy atom. The Balaban J connectivity index is 1.96. The third-order valence-corrected chi connectivity index (χ3v) is 8.15. The predicted octanol–water partition coefficient (Wildman–Crippen LogP) is 6.02. The summed E-state index contributed by atoms with van der Waals surface area (Å²) in [5.41, 5.74) is 1.79. The van der Waals surface area contributed by atoms with Crippen molar-refractivity contribution in [2.75, 3.05) is 23.3 Å². The molecule has 0 heterocycles. The van der Waals surface area contributed by atoms with Crippen molar-refractivity contribution in [1.29, 1.82) is 0 Å². The normalized spacial score (nSPS) is 11.2. The van der Waals surface area contributed by atoms with Crippen molar-refractivity contribution in [1.82, 2.24) is 0 Å². The lowest BCUT2D eigenvalue weighted by molar-refractivity contribution is -0.114. The number of carbonyl (C=O) groups is 1. The number of hydrogen-bond donors (Lipinski definition) is 1. The number of halogens is 3. The molecule has 0 aliphatic rings. The first-order valence-corrected chi connectivity index (χ1v) is 12.7. The zero-order chi connectivity index (χ0) is 23.5. The van der Waals surface area contributed by atoms with Crippen LogP contribution in [0, 0.1) is 6.92 Å². The summed E-state index contributed by atoms with van der Waals surface area (Å²) in [5, 5.41) is 3.12. The lowest BCUT2D eigenvalue weighted by Gasteiger charge is -2.24. The molecule has 0 bridgehead atoms. The van der Waals surface area contributed by atoms with Crippen molar-refractivity contribution in [3.63, 3.8) is 0 Å². The van der Waals surface area contributed by atoms with Gasteiger partial charge in [0.15, 0.2) is 0 Å². The highest BCUT2D eigenvalue weighted by molar-refractivity contribution is 9.10. The van der Waals surface area contributed by atoms with Crippen molar-refractivity contribution >= 4 is 70.8 Å². The van der Waals surface area contributed by atoms with Gasteiger partial charge in [-0.05, 0) is 87.3 Å². The van der Waals surface area contributed by atoms with Gasteiger partial charge in [0.1, 0.15) is 12.3 Å². The molecule has 1 N–H and O–H groups in total. The predicted molar refractivity (Wildman–Crippen MR) is 134 cm³/mol. The molecule has 0 radical (unpaired) electrons. The fourth-order valence-electron chi connectivity index (χ4n) is 2.87. The minimum atomic E-state index is -4.06. The van der Waals surface area contributed by atoms with E-state index in [0.717, 1.165) is 9.87 Å². The Labute approximate surface area is 208 Å². The molecule has 32 heavy (non-hydrogen) atoms. The monoisotopic (exact) mass is 600 g/mol. The van der Waals surface area contributed by atoms with Crippen LogP contribution in [0.2, 0.25) is 5.02 Å². The number of ether oxygens (including phenoxy) is 1. The minimum Gasteiger partial charge on any atom is -0.496 e. The third kappa shape index (κ3) is 5.64. The summed E-state index contributed by atoms with van der Waals surface area (Å²) in [7, 11) is -2.57. The van der Waals surface area contributed by atoms with Gasteiger partial charge in [0.25, 0.3) is 10.0 Å². The Hall–Kier alpha value is -2.07. The van der Waals surface area contributed by atoms with Crippen LogP contribution in [0.15, 0.2) is 74.5 Å². The summed E-state index contributed by atoms with van der Waals surface area (Å²) in [6, 6.07) is 16.3. The van der Waals surface area contributed by atoms with Gasteiger partial charge >= 0.3 is 0 Å². The van der Waals surface area contributed by atoms with Crippen LogP contribution in [0.3, 0.4) is 0 Å². The molecular formula is C22H19Br2ClN2O4S. The summed E-state index contributed by atoms with van der Waals surface area (Å²) < 4.78 is 34.5. The molecule has 0 unspecified atom stereocenters. The lowest BCUT2D eigenvalue weighted by Crippen LogP contribution is -2.38. The summed E-state index contributed by atoms with van der Waals surface area (Å²) in [4.78, 5) is 12.8. The number of methoxy groups -OCH3 is 1. The van der Waals surface area contributed by atoms with Gasteiger partial charge in [-0.25, -0.2) is 8.42 Å². The number of benzene rings is 3. The van der Waals surface area contributed by atoms with Gasteiger partial charge in [-0.15, -0.1) is 0 Å². The van der Waals surface area contributed by atoms with Crippen LogP contribution in [-0.4, -0.2) is 28.0 Å². The number of sulfonamides is 1. The molecule has 0 atom stereocenters. The van der Waals surface area contributed by atoms with E-state index in [9.17, 15) is 13.2 Å². The number of aryl methyl sites for hydroxylation is 1. The van der Waals surface area contributed by atoms with Gasteiger partial charge in [0.05, 0.1) is 27.2 Å². The second-order valence-corrected chi connectivity index (χ2v) is 10.8. The fourth-order valence-corrected chi connectivity index (χ4v) is 5.43. The SMILES string of the molecule is COc1ccc(S(=O)(=O)N(CC(=O)Nc2ccc(Br)c(Cl)c2)c2ccc(C)cc2)cc1Br. The number of nitrogens with zero attached hydrogens (tertiary/aromatic N) is 1. The van der Waals surface area contributed by atoms with Crippen molar-refractivity contribution in [2.24, 2.45) is 0 Å². The quantitative estimate of drug-likeness (QED) is 0.359. The molecule has 0 aliphatic heterocycles. The minimum absolute atomic E-state index is 0.0187. The van der Waals surface area contributed by atoms with Crippen LogP contribution in [0.4, 0.5) is 11.4 Å². The topological polar surface area (TPSA) is 75.7 Å². The Bertz CT molecular complexity index is 1250. The average molecular weight is 603 g/mol. The van der Waals surface area contributed by atoms with Crippen LogP contribution in [-0.2, 0) is 14.8 Å². The number of hydrogen-bond acceptors (Lipinski definition) is 4. The molecule has 6 nitrogen and oxygen atoms in total. The summed E-state index contributed by atoms with van der Waals surface area (Å²) in [6.45, 7) is 1.47. The van der Waals surface area contributed by atoms with Crippen molar-refractivity contribution in [2.45, 2.75) is 11.8 Å². The number of nitrogens with one attached hydrogen (secondary N) is 1. The van der Waals surface area contributed by atoms with E-state index in [1.165, 1.54) is 19.2 Å². The van der Waals surface area contributed by atoms with E-state index in [-0.39, 0.29) is 4.90 Å². The molecule has 0 aliphatic carbocycles. The molecule has 3 aromatic carbocycles. The number of rotatable bonds is 7. The zero-order valence-electron chi connectivity index (χ0n) is 17.1.